The van der Waals surface area contributed by atoms with Crippen LogP contribution in [0.25, 0.3) is 11.6 Å². The number of nitrogens with zero attached hydrogens (tertiary/aromatic N) is 5. The van der Waals surface area contributed by atoms with Crippen molar-refractivity contribution in [1.82, 2.24) is 25.0 Å². The van der Waals surface area contributed by atoms with E-state index in [-0.39, 0.29) is 11.8 Å². The van der Waals surface area contributed by atoms with Crippen molar-refractivity contribution >= 4 is 11.6 Å². The summed E-state index contributed by atoms with van der Waals surface area (Å²) in [5.41, 5.74) is 0.738. The van der Waals surface area contributed by atoms with Gasteiger partial charge in [-0.25, -0.2) is 9.97 Å². The summed E-state index contributed by atoms with van der Waals surface area (Å²) in [7, 11) is 1.60. The molecule has 1 aromatic carbocycles. The summed E-state index contributed by atoms with van der Waals surface area (Å²) in [4.78, 5) is 26.7. The molecule has 138 valence electrons. The van der Waals surface area contributed by atoms with Gasteiger partial charge in [0.05, 0.1) is 19.6 Å². The Morgan fingerprint density at radius 1 is 1.22 bits per heavy atom. The molecule has 3 heterocycles. The molecule has 0 radical (unpaired) electrons. The van der Waals surface area contributed by atoms with Crippen molar-refractivity contribution in [3.05, 3.63) is 48.6 Å². The second-order valence-electron chi connectivity index (χ2n) is 6.20. The standard InChI is InChI=1S/C18H18N6O3/c1-26-14-5-3-13(4-6-14)21-15(25)11-24-9-12(10-24)18-22-17(23-27-18)16-19-7-2-8-20-16/h2-8,12H,9-11H2,1H3,(H,21,25). The summed E-state index contributed by atoms with van der Waals surface area (Å²) in [5.74, 6) is 2.15. The number of rotatable bonds is 6. The first-order valence-corrected chi connectivity index (χ1v) is 8.48. The van der Waals surface area contributed by atoms with Gasteiger partial charge in [0.25, 0.3) is 0 Å². The summed E-state index contributed by atoms with van der Waals surface area (Å²) in [6, 6.07) is 8.95. The number of benzene rings is 1. The third-order valence-electron chi connectivity index (χ3n) is 4.25. The van der Waals surface area contributed by atoms with Crippen LogP contribution in [0.15, 0.2) is 47.2 Å². The largest absolute Gasteiger partial charge is 0.497 e. The fourth-order valence-corrected chi connectivity index (χ4v) is 2.84. The second-order valence-corrected chi connectivity index (χ2v) is 6.20. The van der Waals surface area contributed by atoms with Crippen LogP contribution < -0.4 is 10.1 Å². The first-order valence-electron chi connectivity index (χ1n) is 8.48. The van der Waals surface area contributed by atoms with Crippen LogP contribution in [-0.2, 0) is 4.79 Å². The molecule has 1 saturated heterocycles. The number of aromatic nitrogens is 4. The molecule has 2 aromatic heterocycles. The Labute approximate surface area is 155 Å². The van der Waals surface area contributed by atoms with Crippen molar-refractivity contribution < 1.29 is 14.1 Å². The van der Waals surface area contributed by atoms with E-state index in [0.29, 0.717) is 37.2 Å². The highest BCUT2D eigenvalue weighted by Gasteiger charge is 2.33. The summed E-state index contributed by atoms with van der Waals surface area (Å²) < 4.78 is 10.4. The van der Waals surface area contributed by atoms with Crippen molar-refractivity contribution in [3.8, 4) is 17.4 Å². The van der Waals surface area contributed by atoms with E-state index in [1.54, 1.807) is 49.8 Å². The fourth-order valence-electron chi connectivity index (χ4n) is 2.84. The minimum absolute atomic E-state index is 0.0671. The molecule has 0 spiro atoms. The molecule has 0 atom stereocenters. The van der Waals surface area contributed by atoms with Gasteiger partial charge in [0.15, 0.2) is 0 Å². The zero-order valence-electron chi connectivity index (χ0n) is 14.7. The summed E-state index contributed by atoms with van der Waals surface area (Å²) in [6.45, 7) is 1.69. The number of likely N-dealkylation sites (tertiary alicyclic amines) is 1. The fraction of sp³-hybridized carbons (Fsp3) is 0.278. The number of carbonyl (C=O) groups excluding carboxylic acids is 1. The van der Waals surface area contributed by atoms with Crippen LogP contribution in [0.2, 0.25) is 0 Å². The monoisotopic (exact) mass is 366 g/mol. The quantitative estimate of drug-likeness (QED) is 0.701. The molecule has 3 aromatic rings. The molecule has 1 fully saturated rings. The molecule has 1 aliphatic rings. The van der Waals surface area contributed by atoms with Gasteiger partial charge < -0.3 is 14.6 Å². The van der Waals surface area contributed by atoms with Gasteiger partial charge in [-0.05, 0) is 30.3 Å². The second kappa shape index (κ2) is 7.50. The van der Waals surface area contributed by atoms with Crippen LogP contribution in [0.5, 0.6) is 5.75 Å². The zero-order valence-corrected chi connectivity index (χ0v) is 14.7. The van der Waals surface area contributed by atoms with Crippen molar-refractivity contribution in [3.63, 3.8) is 0 Å². The highest BCUT2D eigenvalue weighted by atomic mass is 16.5. The number of carbonyl (C=O) groups is 1. The molecular weight excluding hydrogens is 348 g/mol. The normalized spacial score (nSPS) is 14.6. The lowest BCUT2D eigenvalue weighted by atomic mass is 10.0. The van der Waals surface area contributed by atoms with Crippen LogP contribution in [0.4, 0.5) is 5.69 Å². The number of amides is 1. The van der Waals surface area contributed by atoms with Gasteiger partial charge in [-0.15, -0.1) is 0 Å². The van der Waals surface area contributed by atoms with Crippen molar-refractivity contribution in [2.45, 2.75) is 5.92 Å². The van der Waals surface area contributed by atoms with Gasteiger partial charge in [0.1, 0.15) is 5.75 Å². The maximum Gasteiger partial charge on any atom is 0.240 e. The molecule has 0 unspecified atom stereocenters. The number of nitrogens with one attached hydrogen (secondary N) is 1. The maximum atomic E-state index is 12.2. The molecular formula is C18H18N6O3. The lowest BCUT2D eigenvalue weighted by molar-refractivity contribution is -0.118. The third kappa shape index (κ3) is 3.93. The first kappa shape index (κ1) is 17.1. The Balaban J connectivity index is 1.27. The van der Waals surface area contributed by atoms with Gasteiger partial charge in [-0.1, -0.05) is 5.16 Å². The van der Waals surface area contributed by atoms with E-state index < -0.39 is 0 Å². The summed E-state index contributed by atoms with van der Waals surface area (Å²) in [6.07, 6.45) is 3.26. The van der Waals surface area contributed by atoms with Crippen LogP contribution >= 0.6 is 0 Å². The highest BCUT2D eigenvalue weighted by Crippen LogP contribution is 2.26. The first-order chi connectivity index (χ1) is 13.2. The minimum Gasteiger partial charge on any atom is -0.497 e. The average molecular weight is 366 g/mol. The predicted molar refractivity (Wildman–Crippen MR) is 96.1 cm³/mol. The van der Waals surface area contributed by atoms with Crippen LogP contribution in [0, 0.1) is 0 Å². The van der Waals surface area contributed by atoms with E-state index >= 15 is 0 Å². The SMILES string of the molecule is COc1ccc(NC(=O)CN2CC(c3nc(-c4ncccn4)no3)C2)cc1. The minimum atomic E-state index is -0.0671. The van der Waals surface area contributed by atoms with E-state index in [1.807, 2.05) is 4.90 Å². The maximum absolute atomic E-state index is 12.2. The number of hydrogen-bond acceptors (Lipinski definition) is 8. The molecule has 1 N–H and O–H groups in total. The van der Waals surface area contributed by atoms with Gasteiger partial charge in [0.2, 0.25) is 23.4 Å². The lowest BCUT2D eigenvalue weighted by Gasteiger charge is -2.36. The molecule has 0 aliphatic carbocycles. The van der Waals surface area contributed by atoms with Gasteiger partial charge in [0, 0.05) is 31.2 Å². The van der Waals surface area contributed by atoms with Crippen molar-refractivity contribution in [1.29, 1.82) is 0 Å². The van der Waals surface area contributed by atoms with Gasteiger partial charge in [-0.2, -0.15) is 4.98 Å². The Hall–Kier alpha value is -3.33. The Morgan fingerprint density at radius 3 is 2.67 bits per heavy atom. The average Bonchev–Trinajstić information content (AvgIpc) is 3.15. The van der Waals surface area contributed by atoms with E-state index in [2.05, 4.69) is 25.4 Å². The topological polar surface area (TPSA) is 106 Å². The number of hydrogen-bond donors (Lipinski definition) is 1. The molecule has 27 heavy (non-hydrogen) atoms. The van der Waals surface area contributed by atoms with E-state index in [1.165, 1.54) is 0 Å². The number of ether oxygens (including phenoxy) is 1. The Morgan fingerprint density at radius 2 is 1.96 bits per heavy atom. The molecule has 1 amide bonds. The number of methoxy groups -OCH3 is 1. The zero-order chi connectivity index (χ0) is 18.6. The molecule has 9 nitrogen and oxygen atoms in total. The van der Waals surface area contributed by atoms with Crippen LogP contribution in [0.1, 0.15) is 11.8 Å². The predicted octanol–water partition coefficient (Wildman–Crippen LogP) is 1.57. The molecule has 9 heteroatoms. The highest BCUT2D eigenvalue weighted by molar-refractivity contribution is 5.92. The van der Waals surface area contributed by atoms with Gasteiger partial charge in [-0.3, -0.25) is 9.69 Å². The van der Waals surface area contributed by atoms with Gasteiger partial charge >= 0.3 is 0 Å². The molecule has 4 rings (SSSR count). The third-order valence-corrected chi connectivity index (χ3v) is 4.25. The smallest absolute Gasteiger partial charge is 0.240 e. The van der Waals surface area contributed by atoms with E-state index in [9.17, 15) is 4.79 Å². The Bertz CT molecular complexity index is 906. The molecule has 1 aliphatic heterocycles. The number of anilines is 1. The molecule has 0 bridgehead atoms. The van der Waals surface area contributed by atoms with Crippen molar-refractivity contribution in [2.24, 2.45) is 0 Å². The summed E-state index contributed by atoms with van der Waals surface area (Å²) >= 11 is 0. The Kier molecular flexibility index (Phi) is 4.75. The van der Waals surface area contributed by atoms with Crippen molar-refractivity contribution in [2.75, 3.05) is 32.1 Å². The molecule has 0 saturated carbocycles. The lowest BCUT2D eigenvalue weighted by Crippen LogP contribution is -2.48. The van der Waals surface area contributed by atoms with Crippen LogP contribution in [-0.4, -0.2) is 57.7 Å². The summed E-state index contributed by atoms with van der Waals surface area (Å²) in [5, 5.41) is 6.79. The van der Waals surface area contributed by atoms with E-state index in [4.69, 9.17) is 9.26 Å². The van der Waals surface area contributed by atoms with E-state index in [0.717, 1.165) is 11.4 Å². The van der Waals surface area contributed by atoms with Crippen LogP contribution in [0.3, 0.4) is 0 Å².